The van der Waals surface area contributed by atoms with Crippen LogP contribution < -0.4 is 5.32 Å². The van der Waals surface area contributed by atoms with Crippen LogP contribution in [-0.4, -0.2) is 58.7 Å². The Hall–Kier alpha value is -1.81. The molecular weight excluding hydrogens is 346 g/mol. The average Bonchev–Trinajstić information content (AvgIpc) is 2.89. The molecule has 0 aromatic carbocycles. The van der Waals surface area contributed by atoms with Crippen LogP contribution in [0.5, 0.6) is 0 Å². The first-order valence-electron chi connectivity index (χ1n) is 8.41. The Balaban J connectivity index is 2.02. The number of aromatic nitrogens is 3. The molecule has 10 heteroatoms. The van der Waals surface area contributed by atoms with Crippen LogP contribution in [0.3, 0.4) is 0 Å². The first kappa shape index (κ1) is 19.5. The number of aryl methyl sites for hydroxylation is 1. The van der Waals surface area contributed by atoms with Crippen LogP contribution in [0.15, 0.2) is 5.16 Å². The molecule has 2 heterocycles. The van der Waals surface area contributed by atoms with Gasteiger partial charge in [-0.15, -0.1) is 5.10 Å². The summed E-state index contributed by atoms with van der Waals surface area (Å²) in [6.07, 6.45) is 2.01. The van der Waals surface area contributed by atoms with E-state index in [-0.39, 0.29) is 29.9 Å². The minimum atomic E-state index is -3.92. The molecule has 25 heavy (non-hydrogen) atoms. The van der Waals surface area contributed by atoms with E-state index in [2.05, 4.69) is 20.5 Å². The lowest BCUT2D eigenvalue weighted by molar-refractivity contribution is -0.127. The lowest BCUT2D eigenvalue weighted by Crippen LogP contribution is -2.44. The number of rotatable bonds is 6. The zero-order valence-electron chi connectivity index (χ0n) is 14.8. The van der Waals surface area contributed by atoms with Gasteiger partial charge in [0.15, 0.2) is 5.78 Å². The predicted molar refractivity (Wildman–Crippen MR) is 90.1 cm³/mol. The monoisotopic (exact) mass is 371 g/mol. The van der Waals surface area contributed by atoms with Crippen molar-refractivity contribution in [1.29, 1.82) is 0 Å². The van der Waals surface area contributed by atoms with Crippen molar-refractivity contribution < 1.29 is 18.0 Å². The molecule has 0 bridgehead atoms. The van der Waals surface area contributed by atoms with Crippen LogP contribution in [-0.2, 0) is 19.6 Å². The predicted octanol–water partition coefficient (Wildman–Crippen LogP) is 0.388. The van der Waals surface area contributed by atoms with Crippen LogP contribution in [0.25, 0.3) is 0 Å². The van der Waals surface area contributed by atoms with Gasteiger partial charge in [-0.3, -0.25) is 14.7 Å². The highest BCUT2D eigenvalue weighted by Gasteiger charge is 2.34. The summed E-state index contributed by atoms with van der Waals surface area (Å²) in [5.74, 6) is 0.301. The second-order valence-corrected chi connectivity index (χ2v) is 8.53. The van der Waals surface area contributed by atoms with E-state index in [4.69, 9.17) is 0 Å². The molecule has 9 nitrogen and oxygen atoms in total. The van der Waals surface area contributed by atoms with E-state index in [0.717, 1.165) is 10.7 Å². The van der Waals surface area contributed by atoms with Crippen molar-refractivity contribution in [3.8, 4) is 0 Å². The third-order valence-electron chi connectivity index (χ3n) is 4.05. The number of sulfonamides is 1. The number of aromatic amines is 1. The minimum absolute atomic E-state index is 0.173. The van der Waals surface area contributed by atoms with Crippen molar-refractivity contribution in [2.75, 3.05) is 13.1 Å². The summed E-state index contributed by atoms with van der Waals surface area (Å²) in [6.45, 7) is 5.56. The van der Waals surface area contributed by atoms with E-state index in [0.29, 0.717) is 31.0 Å². The first-order chi connectivity index (χ1) is 11.7. The third kappa shape index (κ3) is 5.08. The second-order valence-electron chi connectivity index (χ2n) is 6.70. The first-order valence-corrected chi connectivity index (χ1v) is 9.85. The Morgan fingerprint density at radius 2 is 2.16 bits per heavy atom. The van der Waals surface area contributed by atoms with Gasteiger partial charge in [-0.2, -0.15) is 4.31 Å². The van der Waals surface area contributed by atoms with Gasteiger partial charge in [0.05, 0.1) is 12.6 Å². The molecule has 0 unspecified atom stereocenters. The quantitative estimate of drug-likeness (QED) is 0.745. The fraction of sp³-hybridized carbons (Fsp3) is 0.733. The summed E-state index contributed by atoms with van der Waals surface area (Å²) in [4.78, 5) is 28.2. The summed E-state index contributed by atoms with van der Waals surface area (Å²) in [7, 11) is -3.92. The van der Waals surface area contributed by atoms with Gasteiger partial charge in [0, 0.05) is 13.0 Å². The average molecular weight is 371 g/mol. The normalized spacial score (nSPS) is 19.8. The van der Waals surface area contributed by atoms with E-state index >= 15 is 0 Å². The van der Waals surface area contributed by atoms with Gasteiger partial charge in [-0.05, 0) is 32.1 Å². The van der Waals surface area contributed by atoms with Crippen molar-refractivity contribution in [2.24, 2.45) is 5.92 Å². The van der Waals surface area contributed by atoms with Crippen molar-refractivity contribution in [2.45, 2.75) is 57.7 Å². The lowest BCUT2D eigenvalue weighted by atomic mass is 10.1. The number of carbonyl (C=O) groups excluding carboxylic acids is 2. The lowest BCUT2D eigenvalue weighted by Gasteiger charge is -2.18. The molecule has 1 atom stereocenters. The van der Waals surface area contributed by atoms with Crippen LogP contribution in [0, 0.1) is 12.8 Å². The zero-order chi connectivity index (χ0) is 18.6. The molecule has 1 amide bonds. The summed E-state index contributed by atoms with van der Waals surface area (Å²) in [5.41, 5.74) is 0. The Bertz CT molecular complexity index is 728. The Labute approximate surface area is 147 Å². The third-order valence-corrected chi connectivity index (χ3v) is 5.69. The molecule has 1 aliphatic heterocycles. The van der Waals surface area contributed by atoms with E-state index < -0.39 is 16.1 Å². The second kappa shape index (κ2) is 8.05. The number of carbonyl (C=O) groups is 2. The van der Waals surface area contributed by atoms with Crippen molar-refractivity contribution in [1.82, 2.24) is 24.8 Å². The smallest absolute Gasteiger partial charge is 0.282 e. The molecule has 140 valence electrons. The standard InChI is InChI=1S/C15H25N5O4S/c1-10(2)6-7-14(22)17-12-5-4-8-20(9-13(12)21)25(23,24)15-16-11(3)18-19-15/h10,12H,4-9H2,1-3H3,(H,17,22)(H,16,18,19)/t12-/m0/s1. The molecule has 0 spiro atoms. The number of nitrogens with zero attached hydrogens (tertiary/aromatic N) is 3. The summed E-state index contributed by atoms with van der Waals surface area (Å²) in [6, 6.07) is -0.645. The van der Waals surface area contributed by atoms with Crippen LogP contribution in [0.2, 0.25) is 0 Å². The van der Waals surface area contributed by atoms with Gasteiger partial charge in [-0.1, -0.05) is 13.8 Å². The summed E-state index contributed by atoms with van der Waals surface area (Å²) >= 11 is 0. The van der Waals surface area contributed by atoms with Crippen molar-refractivity contribution >= 4 is 21.7 Å². The van der Waals surface area contributed by atoms with Gasteiger partial charge in [0.25, 0.3) is 15.2 Å². The molecule has 0 saturated carbocycles. The maximum absolute atomic E-state index is 12.5. The van der Waals surface area contributed by atoms with Gasteiger partial charge >= 0.3 is 0 Å². The van der Waals surface area contributed by atoms with Gasteiger partial charge in [0.1, 0.15) is 5.82 Å². The Morgan fingerprint density at radius 1 is 1.44 bits per heavy atom. The molecule has 2 rings (SSSR count). The minimum Gasteiger partial charge on any atom is -0.346 e. The fourth-order valence-corrected chi connectivity index (χ4v) is 3.90. The van der Waals surface area contributed by atoms with Crippen molar-refractivity contribution in [3.63, 3.8) is 0 Å². The van der Waals surface area contributed by atoms with E-state index in [1.165, 1.54) is 0 Å². The molecule has 1 aliphatic rings. The number of ketones is 1. The van der Waals surface area contributed by atoms with E-state index in [1.54, 1.807) is 6.92 Å². The molecule has 1 saturated heterocycles. The van der Waals surface area contributed by atoms with E-state index in [9.17, 15) is 18.0 Å². The van der Waals surface area contributed by atoms with Crippen molar-refractivity contribution in [3.05, 3.63) is 5.82 Å². The van der Waals surface area contributed by atoms with Gasteiger partial charge in [-0.25, -0.2) is 13.4 Å². The highest BCUT2D eigenvalue weighted by Crippen LogP contribution is 2.17. The van der Waals surface area contributed by atoms with Crippen LogP contribution in [0.1, 0.15) is 45.4 Å². The molecule has 2 N–H and O–H groups in total. The maximum atomic E-state index is 12.5. The largest absolute Gasteiger partial charge is 0.346 e. The van der Waals surface area contributed by atoms with Crippen LogP contribution in [0.4, 0.5) is 0 Å². The number of Topliss-reactive ketones (excluding diaryl/α,β-unsaturated/α-hetero) is 1. The molecular formula is C15H25N5O4S. The van der Waals surface area contributed by atoms with Crippen LogP contribution >= 0.6 is 0 Å². The highest BCUT2D eigenvalue weighted by atomic mass is 32.2. The molecule has 1 aromatic rings. The molecule has 0 aliphatic carbocycles. The topological polar surface area (TPSA) is 125 Å². The Morgan fingerprint density at radius 3 is 2.76 bits per heavy atom. The Kier molecular flexibility index (Phi) is 6.28. The summed E-state index contributed by atoms with van der Waals surface area (Å²) in [5, 5.41) is 8.57. The number of H-pyrrole nitrogens is 1. The fourth-order valence-electron chi connectivity index (χ4n) is 2.59. The maximum Gasteiger partial charge on any atom is 0.282 e. The SMILES string of the molecule is Cc1nc(S(=O)(=O)N2CCC[C@H](NC(=O)CCC(C)C)C(=O)C2)n[nH]1. The van der Waals surface area contributed by atoms with E-state index in [1.807, 2.05) is 13.8 Å². The summed E-state index contributed by atoms with van der Waals surface area (Å²) < 4.78 is 26.2. The number of hydrogen-bond donors (Lipinski definition) is 2. The number of hydrogen-bond acceptors (Lipinski definition) is 6. The molecule has 1 fully saturated rings. The zero-order valence-corrected chi connectivity index (χ0v) is 15.6. The van der Waals surface area contributed by atoms with Gasteiger partial charge < -0.3 is 5.32 Å². The number of nitrogens with one attached hydrogen (secondary N) is 2. The number of amides is 1. The van der Waals surface area contributed by atoms with Gasteiger partial charge in [0.2, 0.25) is 5.91 Å². The molecule has 1 aromatic heterocycles. The highest BCUT2D eigenvalue weighted by molar-refractivity contribution is 7.89. The molecule has 0 radical (unpaired) electrons.